The lowest BCUT2D eigenvalue weighted by atomic mass is 9.89. The van der Waals surface area contributed by atoms with Gasteiger partial charge in [-0.25, -0.2) is 8.42 Å². The molecule has 1 aromatic heterocycles. The fourth-order valence-electron chi connectivity index (χ4n) is 5.32. The number of nitrogens with one attached hydrogen (secondary N) is 1. The van der Waals surface area contributed by atoms with Crippen molar-refractivity contribution < 1.29 is 23.1 Å². The van der Waals surface area contributed by atoms with Crippen molar-refractivity contribution in [1.29, 1.82) is 0 Å². The predicted molar refractivity (Wildman–Crippen MR) is 147 cm³/mol. The van der Waals surface area contributed by atoms with Gasteiger partial charge >= 0.3 is 0 Å². The Morgan fingerprint density at radius 3 is 2.65 bits per heavy atom. The molecule has 1 aliphatic carbocycles. The van der Waals surface area contributed by atoms with E-state index >= 15 is 0 Å². The van der Waals surface area contributed by atoms with Crippen molar-refractivity contribution in [2.75, 3.05) is 38.0 Å². The summed E-state index contributed by atoms with van der Waals surface area (Å²) in [5.41, 5.74) is 0.582. The summed E-state index contributed by atoms with van der Waals surface area (Å²) >= 11 is 1.13. The van der Waals surface area contributed by atoms with E-state index in [0.29, 0.717) is 29.5 Å². The first-order valence-corrected chi connectivity index (χ1v) is 15.5. The molecule has 2 aromatic rings. The number of thiophene rings is 1. The van der Waals surface area contributed by atoms with E-state index in [2.05, 4.69) is 23.6 Å². The Balaban J connectivity index is 1.60. The van der Waals surface area contributed by atoms with Crippen LogP contribution in [0.15, 0.2) is 39.9 Å². The Morgan fingerprint density at radius 1 is 1.22 bits per heavy atom. The van der Waals surface area contributed by atoms with Gasteiger partial charge in [-0.15, -0.1) is 11.3 Å². The number of rotatable bonds is 9. The van der Waals surface area contributed by atoms with Gasteiger partial charge in [0.15, 0.2) is 0 Å². The molecule has 10 heteroatoms. The zero-order valence-corrected chi connectivity index (χ0v) is 23.6. The Kier molecular flexibility index (Phi) is 9.15. The monoisotopic (exact) mass is 549 g/mol. The van der Waals surface area contributed by atoms with Gasteiger partial charge in [0.05, 0.1) is 18.2 Å². The third kappa shape index (κ3) is 6.85. The minimum atomic E-state index is -3.76. The molecule has 37 heavy (non-hydrogen) atoms. The smallest absolute Gasteiger partial charge is 0.271 e. The molecule has 2 heterocycles. The molecule has 8 nitrogen and oxygen atoms in total. The number of nitrogens with zero attached hydrogens (tertiary/aromatic N) is 2. The summed E-state index contributed by atoms with van der Waals surface area (Å²) < 4.78 is 34.8. The van der Waals surface area contributed by atoms with Gasteiger partial charge in [0, 0.05) is 31.2 Å². The highest BCUT2D eigenvalue weighted by Gasteiger charge is 2.34. The van der Waals surface area contributed by atoms with Crippen LogP contribution in [0.4, 0.5) is 5.69 Å². The number of hydrogen-bond donors (Lipinski definition) is 2. The number of sulfonamides is 1. The van der Waals surface area contributed by atoms with Gasteiger partial charge in [-0.1, -0.05) is 32.3 Å². The summed E-state index contributed by atoms with van der Waals surface area (Å²) in [6.07, 6.45) is 6.32. The highest BCUT2D eigenvalue weighted by atomic mass is 32.2. The van der Waals surface area contributed by atoms with Crippen LogP contribution in [0, 0.1) is 11.8 Å². The maximum absolute atomic E-state index is 13.6. The number of fused-ring (bicyclic) bond motifs is 1. The lowest BCUT2D eigenvalue weighted by Crippen LogP contribution is -2.50. The number of amides is 1. The molecule has 0 bridgehead atoms. The summed E-state index contributed by atoms with van der Waals surface area (Å²) in [7, 11) is -1.63. The Bertz CT molecular complexity index is 1150. The largest absolute Gasteiger partial charge is 0.488 e. The van der Waals surface area contributed by atoms with Crippen LogP contribution in [0.5, 0.6) is 5.75 Å². The molecule has 1 aliphatic heterocycles. The molecule has 0 unspecified atom stereocenters. The van der Waals surface area contributed by atoms with Crippen LogP contribution in [0.1, 0.15) is 56.3 Å². The van der Waals surface area contributed by atoms with Gasteiger partial charge in [0.1, 0.15) is 16.1 Å². The average Bonchev–Trinajstić information content (AvgIpc) is 3.43. The molecule has 3 atom stereocenters. The molecule has 0 spiro atoms. The highest BCUT2D eigenvalue weighted by molar-refractivity contribution is 7.94. The zero-order valence-electron chi connectivity index (χ0n) is 21.9. The van der Waals surface area contributed by atoms with Crippen LogP contribution >= 0.6 is 11.3 Å². The molecule has 1 amide bonds. The van der Waals surface area contributed by atoms with Crippen molar-refractivity contribution in [1.82, 2.24) is 9.80 Å². The molecule has 1 aromatic carbocycles. The van der Waals surface area contributed by atoms with Gasteiger partial charge in [-0.2, -0.15) is 0 Å². The lowest BCUT2D eigenvalue weighted by Gasteiger charge is -2.38. The first-order chi connectivity index (χ1) is 17.7. The van der Waals surface area contributed by atoms with E-state index in [1.807, 2.05) is 6.92 Å². The molecule has 2 aliphatic rings. The molecule has 0 saturated heterocycles. The second kappa shape index (κ2) is 12.1. The standard InChI is InChI=1S/C27H39N3O5S2/c1-19-15-30(20(2)18-31)27(32)23-14-22(28-37(33,34)26-10-7-13-36-26)11-12-24(23)35-25(19)17-29(3)16-21-8-5-4-6-9-21/h7,10-14,19-21,25,28,31H,4-6,8-9,15-18H2,1-3H3/t19-,20-,25-/m1/s1. The van der Waals surface area contributed by atoms with Crippen molar-refractivity contribution in [2.24, 2.45) is 11.8 Å². The number of likely N-dealkylation sites (N-methyl/N-ethyl adjacent to an activating group) is 1. The molecule has 1 fully saturated rings. The summed E-state index contributed by atoms with van der Waals surface area (Å²) in [5.74, 6) is 0.898. The second-order valence-electron chi connectivity index (χ2n) is 10.6. The van der Waals surface area contributed by atoms with Crippen molar-refractivity contribution in [2.45, 2.75) is 62.3 Å². The van der Waals surface area contributed by atoms with E-state index in [9.17, 15) is 18.3 Å². The Hall–Kier alpha value is -2.14. The maximum Gasteiger partial charge on any atom is 0.271 e. The zero-order chi connectivity index (χ0) is 26.6. The Labute approximate surface area is 224 Å². The molecule has 204 valence electrons. The number of aliphatic hydroxyl groups is 1. The fraction of sp³-hybridized carbons (Fsp3) is 0.593. The quantitative estimate of drug-likeness (QED) is 0.484. The number of ether oxygens (including phenoxy) is 1. The molecular formula is C27H39N3O5S2. The first-order valence-electron chi connectivity index (χ1n) is 13.2. The predicted octanol–water partition coefficient (Wildman–Crippen LogP) is 4.28. The molecule has 4 rings (SSSR count). The summed E-state index contributed by atoms with van der Waals surface area (Å²) in [4.78, 5) is 17.6. The van der Waals surface area contributed by atoms with Crippen molar-refractivity contribution in [3.05, 3.63) is 41.3 Å². The van der Waals surface area contributed by atoms with Gasteiger partial charge < -0.3 is 19.6 Å². The van der Waals surface area contributed by atoms with E-state index in [1.165, 1.54) is 38.2 Å². The van der Waals surface area contributed by atoms with Crippen LogP contribution in [0.2, 0.25) is 0 Å². The average molecular weight is 550 g/mol. The van der Waals surface area contributed by atoms with Gasteiger partial charge in [-0.3, -0.25) is 9.52 Å². The third-order valence-corrected chi connectivity index (χ3v) is 10.2. The van der Waals surface area contributed by atoms with Crippen molar-refractivity contribution in [3.8, 4) is 5.75 Å². The van der Waals surface area contributed by atoms with Gasteiger partial charge in [0.2, 0.25) is 0 Å². The summed E-state index contributed by atoms with van der Waals surface area (Å²) in [5, 5.41) is 11.6. The number of benzene rings is 1. The second-order valence-corrected chi connectivity index (χ2v) is 13.5. The number of anilines is 1. The first kappa shape index (κ1) is 27.9. The highest BCUT2D eigenvalue weighted by Crippen LogP contribution is 2.32. The fourth-order valence-corrected chi connectivity index (χ4v) is 7.36. The molecule has 1 saturated carbocycles. The summed E-state index contributed by atoms with van der Waals surface area (Å²) in [6.45, 7) is 5.93. The number of hydrogen-bond acceptors (Lipinski definition) is 7. The van der Waals surface area contributed by atoms with Crippen LogP contribution in [-0.4, -0.2) is 74.7 Å². The van der Waals surface area contributed by atoms with Crippen LogP contribution < -0.4 is 9.46 Å². The van der Waals surface area contributed by atoms with Crippen molar-refractivity contribution in [3.63, 3.8) is 0 Å². The van der Waals surface area contributed by atoms with E-state index in [-0.39, 0.29) is 34.8 Å². The van der Waals surface area contributed by atoms with E-state index in [4.69, 9.17) is 4.74 Å². The number of carbonyl (C=O) groups is 1. The normalized spacial score (nSPS) is 22.2. The maximum atomic E-state index is 13.6. The van der Waals surface area contributed by atoms with Crippen molar-refractivity contribution >= 4 is 33.0 Å². The van der Waals surface area contributed by atoms with Crippen LogP contribution in [-0.2, 0) is 10.0 Å². The lowest BCUT2D eigenvalue weighted by molar-refractivity contribution is 0.0330. The topological polar surface area (TPSA) is 99.2 Å². The van der Waals surface area contributed by atoms with E-state index < -0.39 is 10.0 Å². The summed E-state index contributed by atoms with van der Waals surface area (Å²) in [6, 6.07) is 7.68. The minimum Gasteiger partial charge on any atom is -0.488 e. The van der Waals surface area contributed by atoms with Gasteiger partial charge in [-0.05, 0) is 62.4 Å². The minimum absolute atomic E-state index is 0.0388. The number of aliphatic hydroxyl groups excluding tert-OH is 1. The van der Waals surface area contributed by atoms with Crippen LogP contribution in [0.3, 0.4) is 0 Å². The van der Waals surface area contributed by atoms with E-state index in [0.717, 1.165) is 24.4 Å². The van der Waals surface area contributed by atoms with Crippen LogP contribution in [0.25, 0.3) is 0 Å². The molecule has 2 N–H and O–H groups in total. The van der Waals surface area contributed by atoms with E-state index in [1.54, 1.807) is 34.5 Å². The third-order valence-electron chi connectivity index (χ3n) is 7.46. The number of carbonyl (C=O) groups excluding carboxylic acids is 1. The molecular weight excluding hydrogens is 510 g/mol. The Morgan fingerprint density at radius 2 is 1.97 bits per heavy atom. The SMILES string of the molecule is C[C@@H]1CN([C@H](C)CO)C(=O)c2cc(NS(=O)(=O)c3cccs3)ccc2O[C@@H]1CN(C)CC1CCCCC1. The molecule has 0 radical (unpaired) electrons. The van der Waals surface area contributed by atoms with Gasteiger partial charge in [0.25, 0.3) is 15.9 Å².